The zero-order valence-electron chi connectivity index (χ0n) is 14.1. The topological polar surface area (TPSA) is 73.0 Å². The molecule has 2 aromatic heterocycles. The standard InChI is InChI=1S/C18H19ClN4O2/c1-3-10-23-11-20-22-17(23)12(2)21-18(24)16-9-8-15(25-16)13-6-4-5-7-14(13)19/h4-9,11-12H,3,10H2,1-2H3,(H,21,24)/t12-/m1/s1. The number of aromatic nitrogens is 3. The molecule has 3 aromatic rings. The summed E-state index contributed by atoms with van der Waals surface area (Å²) < 4.78 is 7.60. The average Bonchev–Trinajstić information content (AvgIpc) is 3.25. The van der Waals surface area contributed by atoms with Crippen LogP contribution in [0.15, 0.2) is 47.1 Å². The second-order valence-electron chi connectivity index (χ2n) is 5.72. The van der Waals surface area contributed by atoms with Gasteiger partial charge in [-0.15, -0.1) is 10.2 Å². The van der Waals surface area contributed by atoms with Crippen LogP contribution in [0, 0.1) is 0 Å². The van der Waals surface area contributed by atoms with Gasteiger partial charge >= 0.3 is 0 Å². The molecule has 0 spiro atoms. The molecular formula is C18H19ClN4O2. The Labute approximate surface area is 150 Å². The van der Waals surface area contributed by atoms with E-state index in [9.17, 15) is 4.79 Å². The third kappa shape index (κ3) is 3.74. The highest BCUT2D eigenvalue weighted by molar-refractivity contribution is 6.33. The lowest BCUT2D eigenvalue weighted by atomic mass is 10.2. The molecule has 130 valence electrons. The van der Waals surface area contributed by atoms with E-state index in [-0.39, 0.29) is 17.7 Å². The van der Waals surface area contributed by atoms with Crippen LogP contribution < -0.4 is 5.32 Å². The van der Waals surface area contributed by atoms with Crippen molar-refractivity contribution < 1.29 is 9.21 Å². The average molecular weight is 359 g/mol. The number of hydrogen-bond acceptors (Lipinski definition) is 4. The summed E-state index contributed by atoms with van der Waals surface area (Å²) in [5.41, 5.74) is 0.749. The van der Waals surface area contributed by atoms with Gasteiger partial charge in [-0.1, -0.05) is 30.7 Å². The molecule has 0 aliphatic rings. The predicted molar refractivity (Wildman–Crippen MR) is 95.3 cm³/mol. The normalized spacial score (nSPS) is 12.1. The molecule has 0 fully saturated rings. The van der Waals surface area contributed by atoms with E-state index >= 15 is 0 Å². The molecule has 1 aromatic carbocycles. The molecule has 3 rings (SSSR count). The first-order valence-corrected chi connectivity index (χ1v) is 8.51. The molecule has 1 N–H and O–H groups in total. The molecule has 0 bridgehead atoms. The van der Waals surface area contributed by atoms with E-state index in [2.05, 4.69) is 22.4 Å². The lowest BCUT2D eigenvalue weighted by molar-refractivity contribution is 0.0910. The number of hydrogen-bond donors (Lipinski definition) is 1. The second kappa shape index (κ2) is 7.53. The SMILES string of the molecule is CCCn1cnnc1[C@@H](C)NC(=O)c1ccc(-c2ccccc2Cl)o1. The molecule has 1 amide bonds. The molecule has 6 nitrogen and oxygen atoms in total. The molecule has 0 aliphatic heterocycles. The van der Waals surface area contributed by atoms with Crippen molar-refractivity contribution in [2.45, 2.75) is 32.9 Å². The number of benzene rings is 1. The van der Waals surface area contributed by atoms with Crippen molar-refractivity contribution in [1.82, 2.24) is 20.1 Å². The Morgan fingerprint density at radius 2 is 2.12 bits per heavy atom. The molecule has 0 radical (unpaired) electrons. The summed E-state index contributed by atoms with van der Waals surface area (Å²) in [5, 5.41) is 11.5. The summed E-state index contributed by atoms with van der Waals surface area (Å²) >= 11 is 6.17. The van der Waals surface area contributed by atoms with Gasteiger partial charge in [-0.2, -0.15) is 0 Å². The van der Waals surface area contributed by atoms with Crippen LogP contribution in [0.5, 0.6) is 0 Å². The molecule has 0 saturated heterocycles. The van der Waals surface area contributed by atoms with Gasteiger partial charge in [0.05, 0.1) is 11.1 Å². The lowest BCUT2D eigenvalue weighted by Crippen LogP contribution is -2.28. The van der Waals surface area contributed by atoms with E-state index in [0.717, 1.165) is 18.5 Å². The first-order valence-electron chi connectivity index (χ1n) is 8.13. The summed E-state index contributed by atoms with van der Waals surface area (Å²) in [7, 11) is 0. The summed E-state index contributed by atoms with van der Waals surface area (Å²) in [6.45, 7) is 4.75. The smallest absolute Gasteiger partial charge is 0.287 e. The Kier molecular flexibility index (Phi) is 5.19. The second-order valence-corrected chi connectivity index (χ2v) is 6.13. The number of furan rings is 1. The minimum absolute atomic E-state index is 0.225. The van der Waals surface area contributed by atoms with Crippen LogP contribution in [0.3, 0.4) is 0 Å². The van der Waals surface area contributed by atoms with E-state index in [1.165, 1.54) is 0 Å². The molecular weight excluding hydrogens is 340 g/mol. The van der Waals surface area contributed by atoms with Crippen LogP contribution >= 0.6 is 11.6 Å². The maximum absolute atomic E-state index is 12.5. The maximum atomic E-state index is 12.5. The maximum Gasteiger partial charge on any atom is 0.287 e. The zero-order valence-corrected chi connectivity index (χ0v) is 14.8. The van der Waals surface area contributed by atoms with Crippen molar-refractivity contribution in [3.8, 4) is 11.3 Å². The molecule has 0 unspecified atom stereocenters. The Bertz CT molecular complexity index is 871. The third-order valence-corrected chi connectivity index (χ3v) is 4.14. The summed E-state index contributed by atoms with van der Waals surface area (Å²) in [5.74, 6) is 1.19. The van der Waals surface area contributed by atoms with E-state index in [0.29, 0.717) is 16.6 Å². The van der Waals surface area contributed by atoms with E-state index in [1.807, 2.05) is 29.7 Å². The van der Waals surface area contributed by atoms with Crippen molar-refractivity contribution in [3.63, 3.8) is 0 Å². The van der Waals surface area contributed by atoms with Crippen molar-refractivity contribution in [2.24, 2.45) is 0 Å². The number of nitrogens with one attached hydrogen (secondary N) is 1. The van der Waals surface area contributed by atoms with Gasteiger partial charge < -0.3 is 14.3 Å². The molecule has 2 heterocycles. The van der Waals surface area contributed by atoms with E-state index < -0.39 is 0 Å². The molecule has 0 saturated carbocycles. The highest BCUT2D eigenvalue weighted by atomic mass is 35.5. The van der Waals surface area contributed by atoms with Crippen LogP contribution in [-0.2, 0) is 6.54 Å². The van der Waals surface area contributed by atoms with Crippen molar-refractivity contribution in [2.75, 3.05) is 0 Å². The highest BCUT2D eigenvalue weighted by Gasteiger charge is 2.19. The van der Waals surface area contributed by atoms with Crippen LogP contribution in [0.25, 0.3) is 11.3 Å². The quantitative estimate of drug-likeness (QED) is 0.720. The number of amides is 1. The van der Waals surface area contributed by atoms with Gasteiger partial charge in [0.25, 0.3) is 5.91 Å². The summed E-state index contributed by atoms with van der Waals surface area (Å²) in [6, 6.07) is 10.4. The van der Waals surface area contributed by atoms with Gasteiger partial charge in [-0.05, 0) is 37.6 Å². The number of aryl methyl sites for hydroxylation is 1. The van der Waals surface area contributed by atoms with Crippen LogP contribution in [0.1, 0.15) is 42.7 Å². The zero-order chi connectivity index (χ0) is 17.8. The lowest BCUT2D eigenvalue weighted by Gasteiger charge is -2.13. The third-order valence-electron chi connectivity index (χ3n) is 3.81. The van der Waals surface area contributed by atoms with Crippen LogP contribution in [0.4, 0.5) is 0 Å². The Balaban J connectivity index is 1.74. The Morgan fingerprint density at radius 3 is 2.88 bits per heavy atom. The molecule has 0 aliphatic carbocycles. The van der Waals surface area contributed by atoms with Gasteiger partial charge in [0, 0.05) is 12.1 Å². The Morgan fingerprint density at radius 1 is 1.32 bits per heavy atom. The fourth-order valence-corrected chi connectivity index (χ4v) is 2.84. The molecule has 7 heteroatoms. The fourth-order valence-electron chi connectivity index (χ4n) is 2.61. The van der Waals surface area contributed by atoms with Gasteiger partial charge in [0.2, 0.25) is 0 Å². The summed E-state index contributed by atoms with van der Waals surface area (Å²) in [4.78, 5) is 12.5. The number of halogens is 1. The van der Waals surface area contributed by atoms with E-state index in [1.54, 1.807) is 24.5 Å². The number of carbonyl (C=O) groups is 1. The van der Waals surface area contributed by atoms with Crippen molar-refractivity contribution >= 4 is 17.5 Å². The fraction of sp³-hybridized carbons (Fsp3) is 0.278. The molecule has 25 heavy (non-hydrogen) atoms. The van der Waals surface area contributed by atoms with Crippen LogP contribution in [0.2, 0.25) is 5.02 Å². The largest absolute Gasteiger partial charge is 0.451 e. The molecule has 1 atom stereocenters. The minimum atomic E-state index is -0.308. The van der Waals surface area contributed by atoms with Gasteiger partial charge in [0.1, 0.15) is 12.1 Å². The summed E-state index contributed by atoms with van der Waals surface area (Å²) in [6.07, 6.45) is 2.63. The van der Waals surface area contributed by atoms with Gasteiger partial charge in [0.15, 0.2) is 11.6 Å². The van der Waals surface area contributed by atoms with Crippen molar-refractivity contribution in [3.05, 3.63) is 59.3 Å². The number of rotatable bonds is 6. The van der Waals surface area contributed by atoms with Crippen molar-refractivity contribution in [1.29, 1.82) is 0 Å². The van der Waals surface area contributed by atoms with Gasteiger partial charge in [-0.25, -0.2) is 0 Å². The van der Waals surface area contributed by atoms with Gasteiger partial charge in [-0.3, -0.25) is 4.79 Å². The minimum Gasteiger partial charge on any atom is -0.451 e. The number of carbonyl (C=O) groups excluding carboxylic acids is 1. The predicted octanol–water partition coefficient (Wildman–Crippen LogP) is 4.09. The first-order chi connectivity index (χ1) is 12.1. The first kappa shape index (κ1) is 17.2. The highest BCUT2D eigenvalue weighted by Crippen LogP contribution is 2.29. The monoisotopic (exact) mass is 358 g/mol. The number of nitrogens with zero attached hydrogens (tertiary/aromatic N) is 3. The van der Waals surface area contributed by atoms with Crippen LogP contribution in [-0.4, -0.2) is 20.7 Å². The Hall–Kier alpha value is -2.60. The van der Waals surface area contributed by atoms with E-state index in [4.69, 9.17) is 16.0 Å².